The van der Waals surface area contributed by atoms with Gasteiger partial charge in [-0.05, 0) is 30.5 Å². The Morgan fingerprint density at radius 1 is 0.962 bits per heavy atom. The number of hydrogen-bond donors (Lipinski definition) is 3. The van der Waals surface area contributed by atoms with Crippen LogP contribution in [0.1, 0.15) is 24.0 Å². The van der Waals surface area contributed by atoms with E-state index in [1.165, 1.54) is 5.56 Å². The van der Waals surface area contributed by atoms with Crippen LogP contribution in [0.15, 0.2) is 54.6 Å². The molecule has 2 atom stereocenters. The lowest BCUT2D eigenvalue weighted by Gasteiger charge is -2.16. The summed E-state index contributed by atoms with van der Waals surface area (Å²) in [6.45, 7) is 5.19. The summed E-state index contributed by atoms with van der Waals surface area (Å²) in [6, 6.07) is 17.8. The van der Waals surface area contributed by atoms with E-state index in [9.17, 15) is 9.59 Å². The average molecular weight is 354 g/mol. The Labute approximate surface area is 155 Å². The predicted molar refractivity (Wildman–Crippen MR) is 104 cm³/mol. The fraction of sp³-hybridized carbons (Fsp3) is 0.333. The van der Waals surface area contributed by atoms with Crippen molar-refractivity contribution in [1.29, 1.82) is 0 Å². The number of anilines is 1. The standard InChI is InChI=1S/C21H27N3O2/c1-16-9-11-19(12-10-16)23-21(26)15-24(3)14-20(25)22-13-17(2)18-7-5-4-6-8-18/h4-12,17H,13-15H2,1-3H3,(H,22,25)(H,23,26)/p+1/t17-/m1/s1. The number of aryl methyl sites for hydroxylation is 1. The van der Waals surface area contributed by atoms with Crippen LogP contribution >= 0.6 is 0 Å². The van der Waals surface area contributed by atoms with Crippen molar-refractivity contribution in [2.24, 2.45) is 0 Å². The molecule has 2 aromatic rings. The molecule has 0 spiro atoms. The molecule has 0 aliphatic rings. The second-order valence-corrected chi connectivity index (χ2v) is 6.84. The van der Waals surface area contributed by atoms with Crippen LogP contribution in [0, 0.1) is 6.92 Å². The molecule has 0 radical (unpaired) electrons. The van der Waals surface area contributed by atoms with Crippen molar-refractivity contribution in [1.82, 2.24) is 5.32 Å². The van der Waals surface area contributed by atoms with Crippen molar-refractivity contribution >= 4 is 17.5 Å². The van der Waals surface area contributed by atoms with Crippen LogP contribution < -0.4 is 15.5 Å². The molecule has 2 aromatic carbocycles. The predicted octanol–water partition coefficient (Wildman–Crippen LogP) is 1.37. The second-order valence-electron chi connectivity index (χ2n) is 6.84. The van der Waals surface area contributed by atoms with Gasteiger partial charge in [0.15, 0.2) is 13.1 Å². The van der Waals surface area contributed by atoms with Crippen LogP contribution in [0.4, 0.5) is 5.69 Å². The fourth-order valence-electron chi connectivity index (χ4n) is 2.68. The van der Waals surface area contributed by atoms with Gasteiger partial charge in [-0.3, -0.25) is 9.59 Å². The normalized spacial score (nSPS) is 12.9. The smallest absolute Gasteiger partial charge is 0.279 e. The molecule has 3 N–H and O–H groups in total. The number of amides is 2. The number of rotatable bonds is 8. The summed E-state index contributed by atoms with van der Waals surface area (Å²) in [7, 11) is 1.84. The zero-order chi connectivity index (χ0) is 18.9. The lowest BCUT2D eigenvalue weighted by atomic mass is 10.0. The van der Waals surface area contributed by atoms with Gasteiger partial charge in [-0.2, -0.15) is 0 Å². The van der Waals surface area contributed by atoms with E-state index in [4.69, 9.17) is 0 Å². The highest BCUT2D eigenvalue weighted by Crippen LogP contribution is 2.12. The minimum absolute atomic E-state index is 0.0478. The first-order valence-electron chi connectivity index (χ1n) is 8.93. The molecular weight excluding hydrogens is 326 g/mol. The number of hydrogen-bond acceptors (Lipinski definition) is 2. The highest BCUT2D eigenvalue weighted by atomic mass is 16.2. The van der Waals surface area contributed by atoms with Gasteiger partial charge in [-0.15, -0.1) is 0 Å². The van der Waals surface area contributed by atoms with Crippen molar-refractivity contribution in [3.8, 4) is 0 Å². The first-order valence-corrected chi connectivity index (χ1v) is 8.93. The molecule has 0 saturated carbocycles. The fourth-order valence-corrected chi connectivity index (χ4v) is 2.68. The molecule has 26 heavy (non-hydrogen) atoms. The minimum atomic E-state index is -0.100. The zero-order valence-electron chi connectivity index (χ0n) is 15.7. The average Bonchev–Trinajstić information content (AvgIpc) is 2.62. The maximum Gasteiger partial charge on any atom is 0.279 e. The Balaban J connectivity index is 1.71. The molecule has 0 saturated heterocycles. The van der Waals surface area contributed by atoms with Crippen molar-refractivity contribution in [3.05, 3.63) is 65.7 Å². The Kier molecular flexibility index (Phi) is 7.36. The van der Waals surface area contributed by atoms with E-state index in [2.05, 4.69) is 29.7 Å². The molecule has 0 bridgehead atoms. The molecule has 0 aliphatic carbocycles. The van der Waals surface area contributed by atoms with Gasteiger partial charge in [0.05, 0.1) is 7.05 Å². The SMILES string of the molecule is Cc1ccc(NC(=O)C[NH+](C)CC(=O)NC[C@@H](C)c2ccccc2)cc1. The molecule has 1 unspecified atom stereocenters. The van der Waals surface area contributed by atoms with Crippen molar-refractivity contribution in [3.63, 3.8) is 0 Å². The van der Waals surface area contributed by atoms with E-state index in [1.54, 1.807) is 0 Å². The lowest BCUT2D eigenvalue weighted by Crippen LogP contribution is -3.11. The summed E-state index contributed by atoms with van der Waals surface area (Å²) in [5.74, 6) is 0.107. The van der Waals surface area contributed by atoms with Gasteiger partial charge in [0, 0.05) is 12.2 Å². The van der Waals surface area contributed by atoms with E-state index in [0.717, 1.165) is 16.2 Å². The molecular formula is C21H28N3O2+. The Hall–Kier alpha value is -2.66. The molecule has 5 nitrogen and oxygen atoms in total. The van der Waals surface area contributed by atoms with E-state index in [0.29, 0.717) is 6.54 Å². The topological polar surface area (TPSA) is 62.6 Å². The van der Waals surface area contributed by atoms with E-state index < -0.39 is 0 Å². The summed E-state index contributed by atoms with van der Waals surface area (Å²) in [6.07, 6.45) is 0. The van der Waals surface area contributed by atoms with Crippen LogP contribution in [0.25, 0.3) is 0 Å². The van der Waals surface area contributed by atoms with Crippen LogP contribution in [-0.4, -0.2) is 38.5 Å². The van der Waals surface area contributed by atoms with Gasteiger partial charge in [0.1, 0.15) is 0 Å². The Morgan fingerprint density at radius 2 is 1.58 bits per heavy atom. The summed E-state index contributed by atoms with van der Waals surface area (Å²) >= 11 is 0. The number of carbonyl (C=O) groups excluding carboxylic acids is 2. The van der Waals surface area contributed by atoms with Crippen LogP contribution in [0.2, 0.25) is 0 Å². The number of likely N-dealkylation sites (N-methyl/N-ethyl adjacent to an activating group) is 1. The molecule has 138 valence electrons. The first-order chi connectivity index (χ1) is 12.4. The van der Waals surface area contributed by atoms with Crippen LogP contribution in [0.5, 0.6) is 0 Å². The number of benzene rings is 2. The van der Waals surface area contributed by atoms with Crippen LogP contribution in [0.3, 0.4) is 0 Å². The van der Waals surface area contributed by atoms with Gasteiger partial charge in [-0.25, -0.2) is 0 Å². The summed E-state index contributed by atoms with van der Waals surface area (Å²) in [5, 5.41) is 5.80. The molecule has 2 amide bonds. The molecule has 2 rings (SSSR count). The largest absolute Gasteiger partial charge is 0.351 e. The van der Waals surface area contributed by atoms with E-state index in [1.807, 2.05) is 56.4 Å². The van der Waals surface area contributed by atoms with Gasteiger partial charge in [0.25, 0.3) is 11.8 Å². The van der Waals surface area contributed by atoms with Crippen molar-refractivity contribution < 1.29 is 14.5 Å². The number of quaternary nitrogens is 1. The minimum Gasteiger partial charge on any atom is -0.351 e. The van der Waals surface area contributed by atoms with Crippen molar-refractivity contribution in [2.45, 2.75) is 19.8 Å². The lowest BCUT2D eigenvalue weighted by molar-refractivity contribution is -0.862. The maximum atomic E-state index is 12.1. The Morgan fingerprint density at radius 3 is 2.23 bits per heavy atom. The second kappa shape index (κ2) is 9.73. The number of nitrogens with one attached hydrogen (secondary N) is 3. The van der Waals surface area contributed by atoms with E-state index >= 15 is 0 Å². The third-order valence-corrected chi connectivity index (χ3v) is 4.23. The van der Waals surface area contributed by atoms with E-state index in [-0.39, 0.29) is 30.8 Å². The third kappa shape index (κ3) is 6.69. The molecule has 0 heterocycles. The highest BCUT2D eigenvalue weighted by molar-refractivity contribution is 5.91. The summed E-state index contributed by atoms with van der Waals surface area (Å²) in [5.41, 5.74) is 3.12. The van der Waals surface area contributed by atoms with Gasteiger partial charge in [-0.1, -0.05) is 55.0 Å². The Bertz CT molecular complexity index is 714. The van der Waals surface area contributed by atoms with Gasteiger partial charge < -0.3 is 15.5 Å². The third-order valence-electron chi connectivity index (χ3n) is 4.23. The molecule has 5 heteroatoms. The molecule has 0 aromatic heterocycles. The first kappa shape index (κ1) is 19.7. The zero-order valence-corrected chi connectivity index (χ0v) is 15.7. The quantitative estimate of drug-likeness (QED) is 0.670. The van der Waals surface area contributed by atoms with Crippen LogP contribution in [-0.2, 0) is 9.59 Å². The summed E-state index contributed by atoms with van der Waals surface area (Å²) < 4.78 is 0. The van der Waals surface area contributed by atoms with Crippen molar-refractivity contribution in [2.75, 3.05) is 32.0 Å². The highest BCUT2D eigenvalue weighted by Gasteiger charge is 2.15. The maximum absolute atomic E-state index is 12.1. The van der Waals surface area contributed by atoms with Gasteiger partial charge >= 0.3 is 0 Å². The molecule has 0 fully saturated rings. The monoisotopic (exact) mass is 354 g/mol. The molecule has 0 aliphatic heterocycles. The summed E-state index contributed by atoms with van der Waals surface area (Å²) in [4.78, 5) is 25.0. The van der Waals surface area contributed by atoms with Gasteiger partial charge in [0.2, 0.25) is 0 Å². The number of carbonyl (C=O) groups is 2.